The minimum absolute atomic E-state index is 0.266. The van der Waals surface area contributed by atoms with Gasteiger partial charge in [-0.1, -0.05) is 13.3 Å². The molecule has 100 valence electrons. The van der Waals surface area contributed by atoms with E-state index in [1.54, 1.807) is 7.05 Å². The fourth-order valence-corrected chi connectivity index (χ4v) is 2.64. The summed E-state index contributed by atoms with van der Waals surface area (Å²) in [6, 6.07) is 0.400. The van der Waals surface area contributed by atoms with Crippen molar-refractivity contribution in [2.75, 3.05) is 20.1 Å². The standard InChI is InChI=1S/C13H27N3O/c1-5-11-6-7-16(9-11)10(2)8-13(3,15-4)12(14)17/h10-11,15H,5-9H2,1-4H3,(H2,14,17). The molecule has 3 N–H and O–H groups in total. The zero-order valence-electron chi connectivity index (χ0n) is 11.6. The molecule has 0 aliphatic carbocycles. The number of hydrogen-bond acceptors (Lipinski definition) is 3. The summed E-state index contributed by atoms with van der Waals surface area (Å²) in [6.07, 6.45) is 3.31. The van der Waals surface area contributed by atoms with Gasteiger partial charge >= 0.3 is 0 Å². The van der Waals surface area contributed by atoms with Crippen LogP contribution in [0.25, 0.3) is 0 Å². The highest BCUT2D eigenvalue weighted by Crippen LogP contribution is 2.24. The van der Waals surface area contributed by atoms with E-state index in [0.717, 1.165) is 25.4 Å². The topological polar surface area (TPSA) is 58.4 Å². The van der Waals surface area contributed by atoms with Gasteiger partial charge < -0.3 is 16.0 Å². The molecule has 1 saturated heterocycles. The zero-order chi connectivity index (χ0) is 13.1. The number of nitrogens with zero attached hydrogens (tertiary/aromatic N) is 1. The van der Waals surface area contributed by atoms with E-state index in [2.05, 4.69) is 24.1 Å². The number of likely N-dealkylation sites (tertiary alicyclic amines) is 1. The predicted octanol–water partition coefficient (Wildman–Crippen LogP) is 0.960. The van der Waals surface area contributed by atoms with Crippen LogP contribution in [0.2, 0.25) is 0 Å². The van der Waals surface area contributed by atoms with E-state index in [9.17, 15) is 4.79 Å². The quantitative estimate of drug-likeness (QED) is 0.728. The Hall–Kier alpha value is -0.610. The summed E-state index contributed by atoms with van der Waals surface area (Å²) in [5.74, 6) is 0.560. The van der Waals surface area contributed by atoms with Crippen LogP contribution < -0.4 is 11.1 Å². The minimum atomic E-state index is -0.594. The molecule has 0 radical (unpaired) electrons. The summed E-state index contributed by atoms with van der Waals surface area (Å²) in [6.45, 7) is 8.64. The molecule has 4 heteroatoms. The fourth-order valence-electron chi connectivity index (χ4n) is 2.64. The van der Waals surface area contributed by atoms with Crippen LogP contribution in [0.15, 0.2) is 0 Å². The molecule has 17 heavy (non-hydrogen) atoms. The number of nitrogens with two attached hydrogens (primary N) is 1. The molecule has 3 unspecified atom stereocenters. The first-order valence-electron chi connectivity index (χ1n) is 6.65. The van der Waals surface area contributed by atoms with Gasteiger partial charge in [0.1, 0.15) is 0 Å². The molecule has 0 aromatic heterocycles. The van der Waals surface area contributed by atoms with Crippen molar-refractivity contribution in [1.29, 1.82) is 0 Å². The summed E-state index contributed by atoms with van der Waals surface area (Å²) < 4.78 is 0. The molecule has 1 amide bonds. The van der Waals surface area contributed by atoms with E-state index >= 15 is 0 Å². The van der Waals surface area contributed by atoms with Gasteiger partial charge in [-0.15, -0.1) is 0 Å². The Morgan fingerprint density at radius 3 is 2.71 bits per heavy atom. The molecule has 1 heterocycles. The second-order valence-electron chi connectivity index (χ2n) is 5.56. The third-order valence-electron chi connectivity index (χ3n) is 4.32. The Kier molecular flexibility index (Phi) is 4.95. The molecule has 0 aromatic rings. The molecular formula is C13H27N3O. The smallest absolute Gasteiger partial charge is 0.237 e. The van der Waals surface area contributed by atoms with Crippen LogP contribution in [0, 0.1) is 5.92 Å². The number of amides is 1. The molecule has 1 aliphatic heterocycles. The van der Waals surface area contributed by atoms with E-state index in [1.807, 2.05) is 6.92 Å². The number of hydrogen-bond donors (Lipinski definition) is 2. The lowest BCUT2D eigenvalue weighted by Gasteiger charge is -2.33. The number of carbonyl (C=O) groups is 1. The molecule has 0 aromatic carbocycles. The van der Waals surface area contributed by atoms with Crippen LogP contribution in [0.3, 0.4) is 0 Å². The van der Waals surface area contributed by atoms with Crippen LogP contribution in [0.1, 0.15) is 40.0 Å². The maximum Gasteiger partial charge on any atom is 0.237 e. The molecule has 0 saturated carbocycles. The van der Waals surface area contributed by atoms with Crippen molar-refractivity contribution in [3.8, 4) is 0 Å². The van der Waals surface area contributed by atoms with E-state index < -0.39 is 5.54 Å². The number of carbonyl (C=O) groups excluding carboxylic acids is 1. The normalized spacial score (nSPS) is 26.7. The van der Waals surface area contributed by atoms with Gasteiger partial charge in [0.2, 0.25) is 5.91 Å². The Morgan fingerprint density at radius 2 is 2.29 bits per heavy atom. The van der Waals surface area contributed by atoms with Crippen LogP contribution in [0.5, 0.6) is 0 Å². The molecule has 1 rings (SSSR count). The lowest BCUT2D eigenvalue weighted by Crippen LogP contribution is -2.54. The first kappa shape index (κ1) is 14.5. The van der Waals surface area contributed by atoms with Crippen molar-refractivity contribution in [3.63, 3.8) is 0 Å². The van der Waals surface area contributed by atoms with Gasteiger partial charge in [-0.2, -0.15) is 0 Å². The summed E-state index contributed by atoms with van der Waals surface area (Å²) in [5.41, 5.74) is 4.87. The third-order valence-corrected chi connectivity index (χ3v) is 4.32. The summed E-state index contributed by atoms with van der Waals surface area (Å²) >= 11 is 0. The Bertz CT molecular complexity index is 269. The van der Waals surface area contributed by atoms with Gasteiger partial charge in [-0.25, -0.2) is 0 Å². The van der Waals surface area contributed by atoms with Crippen molar-refractivity contribution in [2.45, 2.75) is 51.6 Å². The average Bonchev–Trinajstić information content (AvgIpc) is 2.77. The molecule has 1 aliphatic rings. The average molecular weight is 241 g/mol. The van der Waals surface area contributed by atoms with E-state index in [0.29, 0.717) is 6.04 Å². The van der Waals surface area contributed by atoms with Gasteiger partial charge in [0.25, 0.3) is 0 Å². The summed E-state index contributed by atoms with van der Waals surface area (Å²) in [5, 5.41) is 3.06. The van der Waals surface area contributed by atoms with Crippen molar-refractivity contribution >= 4 is 5.91 Å². The lowest BCUT2D eigenvalue weighted by atomic mass is 9.92. The van der Waals surface area contributed by atoms with Gasteiger partial charge in [-0.3, -0.25) is 4.79 Å². The monoisotopic (exact) mass is 241 g/mol. The molecule has 0 spiro atoms. The molecular weight excluding hydrogens is 214 g/mol. The minimum Gasteiger partial charge on any atom is -0.368 e. The number of likely N-dealkylation sites (N-methyl/N-ethyl adjacent to an activating group) is 1. The van der Waals surface area contributed by atoms with Gasteiger partial charge in [0.15, 0.2) is 0 Å². The highest BCUT2D eigenvalue weighted by atomic mass is 16.1. The maximum absolute atomic E-state index is 11.5. The number of nitrogens with one attached hydrogen (secondary N) is 1. The Balaban J connectivity index is 2.54. The highest BCUT2D eigenvalue weighted by molar-refractivity contribution is 5.84. The van der Waals surface area contributed by atoms with E-state index in [-0.39, 0.29) is 5.91 Å². The van der Waals surface area contributed by atoms with Crippen molar-refractivity contribution in [1.82, 2.24) is 10.2 Å². The third kappa shape index (κ3) is 3.42. The predicted molar refractivity (Wildman–Crippen MR) is 70.7 cm³/mol. The van der Waals surface area contributed by atoms with Crippen molar-refractivity contribution in [3.05, 3.63) is 0 Å². The largest absolute Gasteiger partial charge is 0.368 e. The van der Waals surface area contributed by atoms with Crippen LogP contribution in [0.4, 0.5) is 0 Å². The molecule has 0 bridgehead atoms. The summed E-state index contributed by atoms with van der Waals surface area (Å²) in [4.78, 5) is 13.9. The van der Waals surface area contributed by atoms with Gasteiger partial charge in [0.05, 0.1) is 5.54 Å². The first-order valence-corrected chi connectivity index (χ1v) is 6.65. The fraction of sp³-hybridized carbons (Fsp3) is 0.923. The van der Waals surface area contributed by atoms with Crippen LogP contribution in [-0.2, 0) is 4.79 Å². The number of primary amides is 1. The van der Waals surface area contributed by atoms with Gasteiger partial charge in [0, 0.05) is 12.6 Å². The highest BCUT2D eigenvalue weighted by Gasteiger charge is 2.34. The molecule has 3 atom stereocenters. The lowest BCUT2D eigenvalue weighted by molar-refractivity contribution is -0.124. The van der Waals surface area contributed by atoms with Crippen LogP contribution in [-0.4, -0.2) is 42.5 Å². The van der Waals surface area contributed by atoms with Crippen molar-refractivity contribution < 1.29 is 4.79 Å². The Labute approximate surface area is 105 Å². The maximum atomic E-state index is 11.5. The second kappa shape index (κ2) is 5.83. The van der Waals surface area contributed by atoms with E-state index in [4.69, 9.17) is 5.73 Å². The second-order valence-corrected chi connectivity index (χ2v) is 5.56. The molecule has 4 nitrogen and oxygen atoms in total. The van der Waals surface area contributed by atoms with Gasteiger partial charge in [-0.05, 0) is 46.2 Å². The van der Waals surface area contributed by atoms with Crippen LogP contribution >= 0.6 is 0 Å². The first-order chi connectivity index (χ1) is 7.92. The summed E-state index contributed by atoms with van der Waals surface area (Å²) in [7, 11) is 1.80. The Morgan fingerprint density at radius 1 is 1.65 bits per heavy atom. The van der Waals surface area contributed by atoms with E-state index in [1.165, 1.54) is 12.8 Å². The number of rotatable bonds is 6. The van der Waals surface area contributed by atoms with Crippen molar-refractivity contribution in [2.24, 2.45) is 11.7 Å². The molecule has 1 fully saturated rings. The zero-order valence-corrected chi connectivity index (χ0v) is 11.6. The SMILES string of the molecule is CCC1CCN(C(C)CC(C)(NC)C(N)=O)C1.